The Morgan fingerprint density at radius 3 is 2.94 bits per heavy atom. The van der Waals surface area contributed by atoms with Crippen LogP contribution in [0.25, 0.3) is 10.6 Å². The van der Waals surface area contributed by atoms with E-state index in [0.29, 0.717) is 4.34 Å². The Kier molecular flexibility index (Phi) is 3.09. The standard InChI is InChI=1S/C11H7ClN2OS/c1-15-8-4-2-3-7(5-8)11-14-9(6-13)10(12)16-11/h2-5H,1H3. The maximum atomic E-state index is 8.76. The number of nitrogens with zero attached hydrogens (tertiary/aromatic N) is 2. The molecule has 0 aliphatic heterocycles. The molecule has 0 bridgehead atoms. The summed E-state index contributed by atoms with van der Waals surface area (Å²) in [5.41, 5.74) is 1.16. The minimum absolute atomic E-state index is 0.268. The van der Waals surface area contributed by atoms with Gasteiger partial charge in [0.25, 0.3) is 0 Å². The number of ether oxygens (including phenoxy) is 1. The Hall–Kier alpha value is -1.57. The molecule has 2 aromatic rings. The molecule has 0 spiro atoms. The van der Waals surface area contributed by atoms with Gasteiger partial charge in [0, 0.05) is 5.56 Å². The molecule has 0 saturated carbocycles. The van der Waals surface area contributed by atoms with Crippen LogP contribution in [0.2, 0.25) is 4.34 Å². The molecule has 0 atom stereocenters. The van der Waals surface area contributed by atoms with Crippen LogP contribution in [0.1, 0.15) is 5.69 Å². The van der Waals surface area contributed by atoms with Crippen LogP contribution in [0.3, 0.4) is 0 Å². The Balaban J connectivity index is 2.46. The highest BCUT2D eigenvalue weighted by Crippen LogP contribution is 2.32. The number of rotatable bonds is 2. The lowest BCUT2D eigenvalue weighted by Gasteiger charge is -2.00. The molecule has 0 N–H and O–H groups in total. The monoisotopic (exact) mass is 250 g/mol. The quantitative estimate of drug-likeness (QED) is 0.821. The van der Waals surface area contributed by atoms with Gasteiger partial charge in [0.15, 0.2) is 5.69 Å². The van der Waals surface area contributed by atoms with Crippen molar-refractivity contribution in [2.45, 2.75) is 0 Å². The second kappa shape index (κ2) is 4.52. The molecule has 0 unspecified atom stereocenters. The number of methoxy groups -OCH3 is 1. The van der Waals surface area contributed by atoms with E-state index in [0.717, 1.165) is 16.3 Å². The summed E-state index contributed by atoms with van der Waals surface area (Å²) in [5.74, 6) is 0.752. The van der Waals surface area contributed by atoms with E-state index in [9.17, 15) is 0 Å². The molecule has 0 aliphatic rings. The average molecular weight is 251 g/mol. The van der Waals surface area contributed by atoms with Gasteiger partial charge in [0.05, 0.1) is 7.11 Å². The molecule has 1 heterocycles. The highest BCUT2D eigenvalue weighted by atomic mass is 35.5. The molecular weight excluding hydrogens is 244 g/mol. The normalized spacial score (nSPS) is 9.81. The fourth-order valence-electron chi connectivity index (χ4n) is 1.25. The Morgan fingerprint density at radius 1 is 1.50 bits per heavy atom. The van der Waals surface area contributed by atoms with E-state index in [1.807, 2.05) is 30.3 Å². The minimum Gasteiger partial charge on any atom is -0.497 e. The van der Waals surface area contributed by atoms with Gasteiger partial charge in [-0.3, -0.25) is 0 Å². The molecule has 5 heteroatoms. The van der Waals surface area contributed by atoms with Gasteiger partial charge >= 0.3 is 0 Å². The van der Waals surface area contributed by atoms with Crippen LogP contribution in [-0.2, 0) is 0 Å². The number of hydrogen-bond acceptors (Lipinski definition) is 4. The van der Waals surface area contributed by atoms with Gasteiger partial charge in [-0.05, 0) is 12.1 Å². The van der Waals surface area contributed by atoms with Gasteiger partial charge in [-0.25, -0.2) is 4.98 Å². The molecule has 0 saturated heterocycles. The van der Waals surface area contributed by atoms with E-state index in [1.54, 1.807) is 7.11 Å². The topological polar surface area (TPSA) is 45.9 Å². The largest absolute Gasteiger partial charge is 0.497 e. The number of thiazole rings is 1. The first-order chi connectivity index (χ1) is 7.74. The van der Waals surface area contributed by atoms with Gasteiger partial charge in [-0.2, -0.15) is 5.26 Å². The highest BCUT2D eigenvalue weighted by molar-refractivity contribution is 7.19. The van der Waals surface area contributed by atoms with Crippen molar-refractivity contribution in [1.82, 2.24) is 4.98 Å². The number of halogens is 1. The number of benzene rings is 1. The van der Waals surface area contributed by atoms with Crippen LogP contribution in [0.5, 0.6) is 5.75 Å². The zero-order chi connectivity index (χ0) is 11.5. The van der Waals surface area contributed by atoms with Crippen molar-refractivity contribution >= 4 is 22.9 Å². The predicted octanol–water partition coefficient (Wildman–Crippen LogP) is 3.34. The zero-order valence-corrected chi connectivity index (χ0v) is 9.97. The van der Waals surface area contributed by atoms with Crippen LogP contribution >= 0.6 is 22.9 Å². The summed E-state index contributed by atoms with van der Waals surface area (Å²) in [6.45, 7) is 0. The van der Waals surface area contributed by atoms with Crippen LogP contribution < -0.4 is 4.74 Å². The molecule has 80 valence electrons. The molecule has 0 fully saturated rings. The fourth-order valence-corrected chi connectivity index (χ4v) is 2.29. The molecule has 3 nitrogen and oxygen atoms in total. The maximum absolute atomic E-state index is 8.76. The van der Waals surface area contributed by atoms with Gasteiger partial charge in [0.2, 0.25) is 0 Å². The number of aromatic nitrogens is 1. The molecule has 0 aliphatic carbocycles. The SMILES string of the molecule is COc1cccc(-c2nc(C#N)c(Cl)s2)c1. The van der Waals surface area contributed by atoms with Crippen molar-refractivity contribution in [3.05, 3.63) is 34.3 Å². The Morgan fingerprint density at radius 2 is 2.31 bits per heavy atom. The summed E-state index contributed by atoms with van der Waals surface area (Å²) in [5, 5.41) is 9.49. The van der Waals surface area contributed by atoms with Gasteiger partial charge in [-0.15, -0.1) is 11.3 Å². The second-order valence-corrected chi connectivity index (χ2v) is 4.59. The number of nitriles is 1. The summed E-state index contributed by atoms with van der Waals surface area (Å²) in [6.07, 6.45) is 0. The average Bonchev–Trinajstić information content (AvgIpc) is 2.71. The van der Waals surface area contributed by atoms with E-state index in [1.165, 1.54) is 11.3 Å². The summed E-state index contributed by atoms with van der Waals surface area (Å²) in [6, 6.07) is 9.43. The van der Waals surface area contributed by atoms with Crippen molar-refractivity contribution in [1.29, 1.82) is 5.26 Å². The highest BCUT2D eigenvalue weighted by Gasteiger charge is 2.10. The molecule has 0 amide bonds. The van der Waals surface area contributed by atoms with Crippen molar-refractivity contribution in [2.75, 3.05) is 7.11 Å². The number of hydrogen-bond donors (Lipinski definition) is 0. The van der Waals surface area contributed by atoms with E-state index in [4.69, 9.17) is 21.6 Å². The zero-order valence-electron chi connectivity index (χ0n) is 8.40. The first-order valence-electron chi connectivity index (χ1n) is 4.45. The van der Waals surface area contributed by atoms with Gasteiger partial charge in [0.1, 0.15) is 21.2 Å². The molecular formula is C11H7ClN2OS. The third kappa shape index (κ3) is 2.01. The van der Waals surface area contributed by atoms with Crippen LogP contribution in [0.15, 0.2) is 24.3 Å². The Bertz CT molecular complexity index is 559. The Labute approximate surface area is 102 Å². The second-order valence-electron chi connectivity index (χ2n) is 2.99. The molecule has 16 heavy (non-hydrogen) atoms. The first-order valence-corrected chi connectivity index (χ1v) is 5.65. The smallest absolute Gasteiger partial charge is 0.170 e. The van der Waals surface area contributed by atoms with Crippen molar-refractivity contribution in [2.24, 2.45) is 0 Å². The minimum atomic E-state index is 0.268. The van der Waals surface area contributed by atoms with Crippen LogP contribution in [0, 0.1) is 11.3 Å². The lowest BCUT2D eigenvalue weighted by atomic mass is 10.2. The van der Waals surface area contributed by atoms with Gasteiger partial charge < -0.3 is 4.74 Å². The molecule has 2 rings (SSSR count). The molecule has 0 radical (unpaired) electrons. The first kappa shape index (κ1) is 10.9. The van der Waals surface area contributed by atoms with Gasteiger partial charge in [-0.1, -0.05) is 23.7 Å². The fraction of sp³-hybridized carbons (Fsp3) is 0.0909. The molecule has 1 aromatic carbocycles. The third-order valence-corrected chi connectivity index (χ3v) is 3.31. The van der Waals surface area contributed by atoms with Crippen molar-refractivity contribution < 1.29 is 4.74 Å². The van der Waals surface area contributed by atoms with E-state index >= 15 is 0 Å². The lowest BCUT2D eigenvalue weighted by molar-refractivity contribution is 0.415. The van der Waals surface area contributed by atoms with Crippen molar-refractivity contribution in [3.8, 4) is 22.4 Å². The summed E-state index contributed by atoms with van der Waals surface area (Å²) in [4.78, 5) is 4.14. The van der Waals surface area contributed by atoms with Crippen LogP contribution in [-0.4, -0.2) is 12.1 Å². The summed E-state index contributed by atoms with van der Waals surface area (Å²) >= 11 is 7.16. The van der Waals surface area contributed by atoms with E-state index in [2.05, 4.69) is 4.98 Å². The van der Waals surface area contributed by atoms with E-state index < -0.39 is 0 Å². The van der Waals surface area contributed by atoms with Crippen LogP contribution in [0.4, 0.5) is 0 Å². The van der Waals surface area contributed by atoms with E-state index in [-0.39, 0.29) is 5.69 Å². The summed E-state index contributed by atoms with van der Waals surface area (Å²) in [7, 11) is 1.61. The molecule has 1 aromatic heterocycles. The summed E-state index contributed by atoms with van der Waals surface area (Å²) < 4.78 is 5.54. The third-order valence-electron chi connectivity index (χ3n) is 2.01. The lowest BCUT2D eigenvalue weighted by Crippen LogP contribution is -1.83. The predicted molar refractivity (Wildman–Crippen MR) is 63.8 cm³/mol. The van der Waals surface area contributed by atoms with Crippen molar-refractivity contribution in [3.63, 3.8) is 0 Å². The maximum Gasteiger partial charge on any atom is 0.170 e.